The average molecular weight is 199 g/mol. The summed E-state index contributed by atoms with van der Waals surface area (Å²) in [7, 11) is 2.50. The van der Waals surface area contributed by atoms with Gasteiger partial charge in [0.2, 0.25) is 5.91 Å². The van der Waals surface area contributed by atoms with Gasteiger partial charge in [0.05, 0.1) is 6.42 Å². The summed E-state index contributed by atoms with van der Waals surface area (Å²) in [6.45, 7) is 0. The van der Waals surface area contributed by atoms with Gasteiger partial charge < -0.3 is 4.90 Å². The Morgan fingerprint density at radius 1 is 1.23 bits per heavy atom. The maximum Gasteiger partial charge on any atom is 0.230 e. The molecule has 0 spiro atoms. The largest absolute Gasteiger partial charge is 0.348 e. The zero-order valence-corrected chi connectivity index (χ0v) is 8.62. The molecule has 1 amide bonds. The summed E-state index contributed by atoms with van der Waals surface area (Å²) < 4.78 is 0. The average Bonchev–Trinajstić information content (AvgIpc) is 2.55. The Hall–Kier alpha value is -1.03. The normalized spacial score (nSPS) is 16.3. The molecule has 1 aliphatic rings. The van der Waals surface area contributed by atoms with E-state index >= 15 is 0 Å². The molecular formula is C9H13NO2S. The predicted molar refractivity (Wildman–Crippen MR) is 55.6 cm³/mol. The molecule has 0 saturated carbocycles. The summed E-state index contributed by atoms with van der Waals surface area (Å²) in [5.41, 5.74) is 0. The first-order chi connectivity index (χ1) is 6.11. The predicted octanol–water partition coefficient (Wildman–Crippen LogP) is 1.03. The Balaban J connectivity index is 2.46. The van der Waals surface area contributed by atoms with Gasteiger partial charge in [0.1, 0.15) is 0 Å². The lowest BCUT2D eigenvalue weighted by atomic mass is 10.4. The monoisotopic (exact) mass is 199 g/mol. The Bertz CT molecular complexity index is 269. The van der Waals surface area contributed by atoms with Crippen molar-refractivity contribution < 1.29 is 9.59 Å². The quantitative estimate of drug-likeness (QED) is 0.533. The third kappa shape index (κ3) is 2.73. The molecule has 0 atom stereocenters. The fourth-order valence-electron chi connectivity index (χ4n) is 0.880. The van der Waals surface area contributed by atoms with Gasteiger partial charge in [-0.2, -0.15) is 10.9 Å². The topological polar surface area (TPSA) is 37.4 Å². The number of rotatable bonds is 2. The number of thiol groups is 1. The maximum absolute atomic E-state index is 11.4. The molecule has 13 heavy (non-hydrogen) atoms. The van der Waals surface area contributed by atoms with Gasteiger partial charge in [-0.05, 0) is 10.8 Å². The molecule has 1 heterocycles. The van der Waals surface area contributed by atoms with Crippen LogP contribution in [0.4, 0.5) is 0 Å². The van der Waals surface area contributed by atoms with Crippen LogP contribution >= 0.6 is 10.9 Å². The highest BCUT2D eigenvalue weighted by molar-refractivity contribution is 8.34. The van der Waals surface area contributed by atoms with Crippen molar-refractivity contribution in [2.75, 3.05) is 14.1 Å². The minimum atomic E-state index is -0.811. The van der Waals surface area contributed by atoms with Crippen molar-refractivity contribution in [3.05, 3.63) is 23.0 Å². The van der Waals surface area contributed by atoms with Gasteiger partial charge in [0.25, 0.3) is 0 Å². The first kappa shape index (κ1) is 10.1. The minimum absolute atomic E-state index is 0.0212. The maximum atomic E-state index is 11.4. The summed E-state index contributed by atoms with van der Waals surface area (Å²) in [5, 5.41) is 3.75. The van der Waals surface area contributed by atoms with Crippen molar-refractivity contribution in [2.24, 2.45) is 0 Å². The van der Waals surface area contributed by atoms with E-state index in [1.165, 1.54) is 4.90 Å². The fraction of sp³-hybridized carbons (Fsp3) is 0.333. The number of amides is 1. The Morgan fingerprint density at radius 3 is 2.23 bits per heavy atom. The Kier molecular flexibility index (Phi) is 3.31. The number of hydrogen-bond acceptors (Lipinski definition) is 2. The van der Waals surface area contributed by atoms with Crippen LogP contribution in [0.3, 0.4) is 0 Å². The molecule has 0 N–H and O–H groups in total. The van der Waals surface area contributed by atoms with Crippen molar-refractivity contribution in [2.45, 2.75) is 6.42 Å². The van der Waals surface area contributed by atoms with E-state index in [1.54, 1.807) is 14.1 Å². The second kappa shape index (κ2) is 4.28. The van der Waals surface area contributed by atoms with Crippen LogP contribution in [0.5, 0.6) is 0 Å². The SMILES string of the molecule is CN(C)C(=O)CC(=O)[SH]1C=CC=C1. The summed E-state index contributed by atoms with van der Waals surface area (Å²) >= 11 is 0. The van der Waals surface area contributed by atoms with Gasteiger partial charge in [-0.1, -0.05) is 12.2 Å². The van der Waals surface area contributed by atoms with E-state index in [-0.39, 0.29) is 17.4 Å². The first-order valence-corrected chi connectivity index (χ1v) is 5.45. The van der Waals surface area contributed by atoms with Crippen molar-refractivity contribution in [3.63, 3.8) is 0 Å². The second-order valence-corrected chi connectivity index (χ2v) is 4.86. The van der Waals surface area contributed by atoms with Crippen molar-refractivity contribution in [1.82, 2.24) is 4.90 Å². The lowest BCUT2D eigenvalue weighted by Gasteiger charge is -2.12. The van der Waals surface area contributed by atoms with Crippen LogP contribution in [-0.2, 0) is 9.59 Å². The van der Waals surface area contributed by atoms with Crippen LogP contribution < -0.4 is 0 Å². The molecular weight excluding hydrogens is 186 g/mol. The molecule has 1 rings (SSSR count). The summed E-state index contributed by atoms with van der Waals surface area (Å²) in [5.74, 6) is -0.124. The lowest BCUT2D eigenvalue weighted by Crippen LogP contribution is -2.23. The zero-order chi connectivity index (χ0) is 9.84. The summed E-state index contributed by atoms with van der Waals surface area (Å²) in [6.07, 6.45) is 3.72. The van der Waals surface area contributed by atoms with Crippen molar-refractivity contribution in [1.29, 1.82) is 0 Å². The number of hydrogen-bond donors (Lipinski definition) is 1. The molecule has 0 aromatic heterocycles. The van der Waals surface area contributed by atoms with E-state index < -0.39 is 10.9 Å². The standard InChI is InChI=1S/C9H13NO2S/c1-10(2)8(11)7-9(12)13-5-3-4-6-13/h3-6,13H,7H2,1-2H3. The number of nitrogens with zero attached hydrogens (tertiary/aromatic N) is 1. The van der Waals surface area contributed by atoms with Gasteiger partial charge in [-0.3, -0.25) is 9.59 Å². The molecule has 0 saturated heterocycles. The van der Waals surface area contributed by atoms with E-state index in [4.69, 9.17) is 0 Å². The molecule has 4 heteroatoms. The zero-order valence-electron chi connectivity index (χ0n) is 7.73. The fourth-order valence-corrected chi connectivity index (χ4v) is 2.20. The van der Waals surface area contributed by atoms with E-state index in [9.17, 15) is 9.59 Å². The van der Waals surface area contributed by atoms with Crippen LogP contribution in [0, 0.1) is 0 Å². The van der Waals surface area contributed by atoms with Crippen LogP contribution in [0.25, 0.3) is 0 Å². The van der Waals surface area contributed by atoms with Gasteiger partial charge in [-0.15, -0.1) is 0 Å². The molecule has 3 nitrogen and oxygen atoms in total. The smallest absolute Gasteiger partial charge is 0.230 e. The van der Waals surface area contributed by atoms with Gasteiger partial charge in [0.15, 0.2) is 5.12 Å². The third-order valence-electron chi connectivity index (χ3n) is 1.69. The van der Waals surface area contributed by atoms with E-state index in [0.29, 0.717) is 0 Å². The van der Waals surface area contributed by atoms with E-state index in [1.807, 2.05) is 23.0 Å². The van der Waals surface area contributed by atoms with Gasteiger partial charge >= 0.3 is 0 Å². The number of allylic oxidation sites excluding steroid dienone is 2. The van der Waals surface area contributed by atoms with Gasteiger partial charge in [0, 0.05) is 14.1 Å². The highest BCUT2D eigenvalue weighted by Gasteiger charge is 2.15. The minimum Gasteiger partial charge on any atom is -0.348 e. The number of carbonyl (C=O) groups excluding carboxylic acids is 2. The molecule has 0 unspecified atom stereocenters. The molecule has 1 aliphatic heterocycles. The van der Waals surface area contributed by atoms with E-state index in [0.717, 1.165) is 0 Å². The van der Waals surface area contributed by atoms with E-state index in [2.05, 4.69) is 0 Å². The second-order valence-electron chi connectivity index (χ2n) is 2.95. The Morgan fingerprint density at radius 2 is 1.77 bits per heavy atom. The third-order valence-corrected chi connectivity index (χ3v) is 3.41. The van der Waals surface area contributed by atoms with Gasteiger partial charge in [-0.25, -0.2) is 0 Å². The molecule has 0 aliphatic carbocycles. The first-order valence-electron chi connectivity index (χ1n) is 3.97. The van der Waals surface area contributed by atoms with Crippen molar-refractivity contribution in [3.8, 4) is 0 Å². The molecule has 0 radical (unpaired) electrons. The van der Waals surface area contributed by atoms with Crippen LogP contribution in [0.15, 0.2) is 23.0 Å². The van der Waals surface area contributed by atoms with Crippen LogP contribution in [0.1, 0.15) is 6.42 Å². The summed E-state index contributed by atoms with van der Waals surface area (Å²) in [6, 6.07) is 0. The molecule has 0 aromatic carbocycles. The molecule has 0 aromatic rings. The molecule has 0 fully saturated rings. The lowest BCUT2D eigenvalue weighted by molar-refractivity contribution is -0.131. The highest BCUT2D eigenvalue weighted by atomic mass is 32.2. The van der Waals surface area contributed by atoms with Crippen molar-refractivity contribution >= 4 is 21.9 Å². The van der Waals surface area contributed by atoms with Crippen LogP contribution in [-0.4, -0.2) is 30.0 Å². The highest BCUT2D eigenvalue weighted by Crippen LogP contribution is 2.34. The summed E-state index contributed by atoms with van der Waals surface area (Å²) in [4.78, 5) is 24.1. The molecule has 72 valence electrons. The number of carbonyl (C=O) groups is 2. The molecule has 0 bridgehead atoms. The Labute approximate surface area is 80.4 Å². The van der Waals surface area contributed by atoms with Crippen LogP contribution in [0.2, 0.25) is 0 Å².